The van der Waals surface area contributed by atoms with Crippen molar-refractivity contribution in [1.82, 2.24) is 40.6 Å². The quantitative estimate of drug-likeness (QED) is 0.735. The molecule has 20 heavy (non-hydrogen) atoms. The Morgan fingerprint density at radius 2 is 2.20 bits per heavy atom. The SMILES string of the molecule is COc1ccc(-c2cn(C(C)c3nn[nH]n3)nn2)cn1. The van der Waals surface area contributed by atoms with Crippen LogP contribution in [0.15, 0.2) is 24.5 Å². The number of rotatable bonds is 4. The molecule has 0 spiro atoms. The zero-order valence-electron chi connectivity index (χ0n) is 10.9. The van der Waals surface area contributed by atoms with E-state index in [1.807, 2.05) is 19.2 Å². The number of aromatic amines is 1. The Hall–Kier alpha value is -2.84. The number of hydrogen-bond donors (Lipinski definition) is 1. The molecule has 0 aliphatic carbocycles. The van der Waals surface area contributed by atoms with E-state index in [1.165, 1.54) is 0 Å². The summed E-state index contributed by atoms with van der Waals surface area (Å²) in [5, 5.41) is 22.0. The van der Waals surface area contributed by atoms with Crippen LogP contribution in [0.2, 0.25) is 0 Å². The maximum atomic E-state index is 5.02. The van der Waals surface area contributed by atoms with Crippen molar-refractivity contribution in [3.8, 4) is 17.1 Å². The van der Waals surface area contributed by atoms with E-state index in [0.717, 1.165) is 11.3 Å². The van der Waals surface area contributed by atoms with Gasteiger partial charge in [0.2, 0.25) is 5.88 Å². The van der Waals surface area contributed by atoms with Gasteiger partial charge in [0.25, 0.3) is 0 Å². The van der Waals surface area contributed by atoms with Gasteiger partial charge >= 0.3 is 0 Å². The molecule has 1 atom stereocenters. The second-order valence-corrected chi connectivity index (χ2v) is 4.12. The Bertz CT molecular complexity index is 675. The highest BCUT2D eigenvalue weighted by atomic mass is 16.5. The van der Waals surface area contributed by atoms with E-state index < -0.39 is 0 Å². The van der Waals surface area contributed by atoms with Crippen LogP contribution in [0.3, 0.4) is 0 Å². The smallest absolute Gasteiger partial charge is 0.212 e. The summed E-state index contributed by atoms with van der Waals surface area (Å²) in [6, 6.07) is 3.50. The van der Waals surface area contributed by atoms with Crippen LogP contribution in [-0.2, 0) is 0 Å². The summed E-state index contributed by atoms with van der Waals surface area (Å²) in [4.78, 5) is 4.14. The van der Waals surface area contributed by atoms with Gasteiger partial charge in [0, 0.05) is 17.8 Å². The first-order chi connectivity index (χ1) is 9.78. The van der Waals surface area contributed by atoms with Crippen molar-refractivity contribution >= 4 is 0 Å². The number of nitrogens with one attached hydrogen (secondary N) is 1. The van der Waals surface area contributed by atoms with Gasteiger partial charge in [-0.2, -0.15) is 5.21 Å². The zero-order valence-corrected chi connectivity index (χ0v) is 10.9. The van der Waals surface area contributed by atoms with Crippen molar-refractivity contribution in [2.24, 2.45) is 0 Å². The molecule has 0 fully saturated rings. The highest BCUT2D eigenvalue weighted by Crippen LogP contribution is 2.19. The van der Waals surface area contributed by atoms with Crippen molar-refractivity contribution in [2.75, 3.05) is 7.11 Å². The molecular formula is C11H12N8O. The van der Waals surface area contributed by atoms with E-state index >= 15 is 0 Å². The minimum atomic E-state index is -0.152. The van der Waals surface area contributed by atoms with E-state index in [2.05, 4.69) is 35.9 Å². The molecule has 0 radical (unpaired) electrons. The first kappa shape index (κ1) is 12.2. The number of tetrazole rings is 1. The van der Waals surface area contributed by atoms with Crippen molar-refractivity contribution < 1.29 is 4.74 Å². The van der Waals surface area contributed by atoms with Crippen LogP contribution in [0, 0.1) is 0 Å². The molecule has 0 bridgehead atoms. The molecule has 102 valence electrons. The molecular weight excluding hydrogens is 260 g/mol. The molecule has 0 saturated carbocycles. The molecule has 3 rings (SSSR count). The van der Waals surface area contributed by atoms with Crippen LogP contribution in [0.4, 0.5) is 0 Å². The van der Waals surface area contributed by atoms with E-state index in [4.69, 9.17) is 4.74 Å². The lowest BCUT2D eigenvalue weighted by molar-refractivity contribution is 0.398. The summed E-state index contributed by atoms with van der Waals surface area (Å²) < 4.78 is 6.69. The number of methoxy groups -OCH3 is 1. The topological polar surface area (TPSA) is 107 Å². The van der Waals surface area contributed by atoms with Gasteiger partial charge in [-0.05, 0) is 13.0 Å². The van der Waals surface area contributed by atoms with Crippen molar-refractivity contribution in [2.45, 2.75) is 13.0 Å². The van der Waals surface area contributed by atoms with Crippen LogP contribution in [0.1, 0.15) is 18.8 Å². The lowest BCUT2D eigenvalue weighted by Crippen LogP contribution is -2.09. The molecule has 0 aliphatic heterocycles. The molecule has 0 aliphatic rings. The van der Waals surface area contributed by atoms with Crippen LogP contribution < -0.4 is 4.74 Å². The van der Waals surface area contributed by atoms with Crippen LogP contribution in [-0.4, -0.2) is 47.7 Å². The Morgan fingerprint density at radius 1 is 1.30 bits per heavy atom. The van der Waals surface area contributed by atoms with Gasteiger partial charge in [-0.1, -0.05) is 10.4 Å². The number of hydrogen-bond acceptors (Lipinski definition) is 7. The predicted octanol–water partition coefficient (Wildman–Crippen LogP) is 0.471. The van der Waals surface area contributed by atoms with E-state index in [-0.39, 0.29) is 6.04 Å². The molecule has 1 unspecified atom stereocenters. The Labute approximate surface area is 114 Å². The number of H-pyrrole nitrogens is 1. The lowest BCUT2D eigenvalue weighted by atomic mass is 10.2. The van der Waals surface area contributed by atoms with Crippen LogP contribution >= 0.6 is 0 Å². The Balaban J connectivity index is 1.86. The highest BCUT2D eigenvalue weighted by molar-refractivity contribution is 5.56. The third-order valence-electron chi connectivity index (χ3n) is 2.88. The molecule has 0 amide bonds. The maximum Gasteiger partial charge on any atom is 0.212 e. The summed E-state index contributed by atoms with van der Waals surface area (Å²) in [5.41, 5.74) is 1.58. The minimum absolute atomic E-state index is 0.152. The Morgan fingerprint density at radius 3 is 2.85 bits per heavy atom. The van der Waals surface area contributed by atoms with Crippen LogP contribution in [0.5, 0.6) is 5.88 Å². The number of aromatic nitrogens is 8. The highest BCUT2D eigenvalue weighted by Gasteiger charge is 2.15. The van der Waals surface area contributed by atoms with Crippen LogP contribution in [0.25, 0.3) is 11.3 Å². The Kier molecular flexibility index (Phi) is 3.07. The van der Waals surface area contributed by atoms with Gasteiger partial charge in [-0.25, -0.2) is 9.67 Å². The van der Waals surface area contributed by atoms with Gasteiger partial charge in [-0.15, -0.1) is 15.3 Å². The average molecular weight is 272 g/mol. The third kappa shape index (κ3) is 2.20. The predicted molar refractivity (Wildman–Crippen MR) is 67.8 cm³/mol. The molecule has 3 heterocycles. The molecule has 1 N–H and O–H groups in total. The molecule has 9 nitrogen and oxygen atoms in total. The number of ether oxygens (including phenoxy) is 1. The summed E-state index contributed by atoms with van der Waals surface area (Å²) in [5.74, 6) is 1.11. The average Bonchev–Trinajstić information content (AvgIpc) is 3.18. The van der Waals surface area contributed by atoms with E-state index in [9.17, 15) is 0 Å². The summed E-state index contributed by atoms with van der Waals surface area (Å²) in [6.07, 6.45) is 3.50. The largest absolute Gasteiger partial charge is 0.481 e. The lowest BCUT2D eigenvalue weighted by Gasteiger charge is -2.04. The van der Waals surface area contributed by atoms with Gasteiger partial charge < -0.3 is 4.74 Å². The van der Waals surface area contributed by atoms with Crippen molar-refractivity contribution in [3.63, 3.8) is 0 Å². The first-order valence-corrected chi connectivity index (χ1v) is 5.93. The molecule has 3 aromatic heterocycles. The molecule has 9 heteroatoms. The van der Waals surface area contributed by atoms with Gasteiger partial charge in [0.05, 0.1) is 13.3 Å². The normalized spacial score (nSPS) is 12.3. The molecule has 3 aromatic rings. The zero-order chi connectivity index (χ0) is 13.9. The van der Waals surface area contributed by atoms with E-state index in [0.29, 0.717) is 11.7 Å². The maximum absolute atomic E-state index is 5.02. The fourth-order valence-electron chi connectivity index (χ4n) is 1.72. The fourth-order valence-corrected chi connectivity index (χ4v) is 1.72. The van der Waals surface area contributed by atoms with E-state index in [1.54, 1.807) is 24.1 Å². The molecule has 0 aromatic carbocycles. The van der Waals surface area contributed by atoms with Crippen molar-refractivity contribution in [3.05, 3.63) is 30.4 Å². The number of pyridine rings is 1. The van der Waals surface area contributed by atoms with Gasteiger partial charge in [-0.3, -0.25) is 0 Å². The minimum Gasteiger partial charge on any atom is -0.481 e. The first-order valence-electron chi connectivity index (χ1n) is 5.93. The second kappa shape index (κ2) is 5.03. The standard InChI is InChI=1S/C11H12N8O/c1-7(11-14-16-17-15-11)19-6-9(13-18-19)8-3-4-10(20-2)12-5-8/h3-7H,1-2H3,(H,14,15,16,17). The van der Waals surface area contributed by atoms with Crippen molar-refractivity contribution in [1.29, 1.82) is 0 Å². The fraction of sp³-hybridized carbons (Fsp3) is 0.273. The second-order valence-electron chi connectivity index (χ2n) is 4.12. The van der Waals surface area contributed by atoms with Gasteiger partial charge in [0.1, 0.15) is 11.7 Å². The number of nitrogens with zero attached hydrogens (tertiary/aromatic N) is 7. The molecule has 0 saturated heterocycles. The van der Waals surface area contributed by atoms with Gasteiger partial charge in [0.15, 0.2) is 5.82 Å². The summed E-state index contributed by atoms with van der Waals surface area (Å²) in [6.45, 7) is 1.91. The summed E-state index contributed by atoms with van der Waals surface area (Å²) >= 11 is 0. The monoisotopic (exact) mass is 272 g/mol. The summed E-state index contributed by atoms with van der Waals surface area (Å²) in [7, 11) is 1.57. The third-order valence-corrected chi connectivity index (χ3v) is 2.88.